The molecular weight excluding hydrogens is 346 g/mol. The van der Waals surface area contributed by atoms with Gasteiger partial charge in [-0.1, -0.05) is 36.4 Å². The molecule has 1 aromatic heterocycles. The summed E-state index contributed by atoms with van der Waals surface area (Å²) in [6.45, 7) is 3.62. The molecule has 3 aliphatic heterocycles. The van der Waals surface area contributed by atoms with Crippen molar-refractivity contribution in [3.63, 3.8) is 0 Å². The highest BCUT2D eigenvalue weighted by atomic mass is 16.1. The summed E-state index contributed by atoms with van der Waals surface area (Å²) in [6.07, 6.45) is 8.33. The Bertz CT molecular complexity index is 821. The van der Waals surface area contributed by atoms with E-state index in [1.54, 1.807) is 0 Å². The van der Waals surface area contributed by atoms with E-state index in [0.717, 1.165) is 30.0 Å². The lowest BCUT2D eigenvalue weighted by molar-refractivity contribution is -0.123. The minimum atomic E-state index is -0.223. The normalized spacial score (nSPS) is 27.8. The monoisotopic (exact) mass is 375 g/mol. The number of piperidine rings is 1. The van der Waals surface area contributed by atoms with Crippen LogP contribution in [0.3, 0.4) is 0 Å². The molecule has 146 valence electrons. The minimum absolute atomic E-state index is 0.219. The molecule has 2 bridgehead atoms. The summed E-state index contributed by atoms with van der Waals surface area (Å²) in [5.74, 6) is 1.51. The van der Waals surface area contributed by atoms with Gasteiger partial charge in [0.1, 0.15) is 0 Å². The summed E-state index contributed by atoms with van der Waals surface area (Å²) in [5.41, 5.74) is 3.08. The molecular formula is C24H29N3O. The lowest BCUT2D eigenvalue weighted by atomic mass is 9.82. The molecule has 1 saturated carbocycles. The predicted molar refractivity (Wildman–Crippen MR) is 111 cm³/mol. The van der Waals surface area contributed by atoms with E-state index < -0.39 is 0 Å². The molecule has 4 aliphatic rings. The average molecular weight is 376 g/mol. The highest BCUT2D eigenvalue weighted by Crippen LogP contribution is 2.45. The van der Waals surface area contributed by atoms with Crippen LogP contribution in [0.2, 0.25) is 0 Å². The highest BCUT2D eigenvalue weighted by molar-refractivity contribution is 5.78. The van der Waals surface area contributed by atoms with E-state index in [-0.39, 0.29) is 11.4 Å². The molecule has 1 N–H and O–H groups in total. The summed E-state index contributed by atoms with van der Waals surface area (Å²) >= 11 is 0. The van der Waals surface area contributed by atoms with E-state index in [2.05, 4.69) is 34.5 Å². The Morgan fingerprint density at radius 1 is 1.00 bits per heavy atom. The lowest BCUT2D eigenvalue weighted by Gasteiger charge is -2.29. The molecule has 4 heterocycles. The molecule has 6 rings (SSSR count). The highest BCUT2D eigenvalue weighted by Gasteiger charge is 2.47. The zero-order valence-corrected chi connectivity index (χ0v) is 16.4. The Kier molecular flexibility index (Phi) is 4.67. The van der Waals surface area contributed by atoms with E-state index in [0.29, 0.717) is 12.3 Å². The van der Waals surface area contributed by atoms with Crippen molar-refractivity contribution in [3.8, 4) is 11.1 Å². The van der Waals surface area contributed by atoms with Gasteiger partial charge in [-0.25, -0.2) is 0 Å². The van der Waals surface area contributed by atoms with Crippen molar-refractivity contribution in [1.82, 2.24) is 15.2 Å². The maximum atomic E-state index is 12.9. The fraction of sp³-hybridized carbons (Fsp3) is 0.500. The third-order valence-corrected chi connectivity index (χ3v) is 7.05. The fourth-order valence-corrected chi connectivity index (χ4v) is 5.11. The Hall–Kier alpha value is -2.20. The predicted octanol–water partition coefficient (Wildman–Crippen LogP) is 3.98. The molecule has 4 nitrogen and oxygen atoms in total. The largest absolute Gasteiger partial charge is 0.345 e. The Morgan fingerprint density at radius 2 is 1.75 bits per heavy atom. The molecule has 4 heteroatoms. The van der Waals surface area contributed by atoms with Gasteiger partial charge in [-0.2, -0.15) is 0 Å². The van der Waals surface area contributed by atoms with Gasteiger partial charge in [0.15, 0.2) is 0 Å². The van der Waals surface area contributed by atoms with Crippen molar-refractivity contribution in [2.24, 2.45) is 11.8 Å². The summed E-state index contributed by atoms with van der Waals surface area (Å²) in [6, 6.07) is 14.5. The third-order valence-electron chi connectivity index (χ3n) is 7.05. The number of nitrogens with one attached hydrogen (secondary N) is 1. The van der Waals surface area contributed by atoms with Crippen molar-refractivity contribution in [2.45, 2.75) is 44.1 Å². The van der Waals surface area contributed by atoms with E-state index in [9.17, 15) is 4.79 Å². The molecule has 1 atom stereocenters. The SMILES string of the molecule is O=C(CC1CCN2CCC1CC2)NC1(c2ccc(-c3ccccc3)cn2)CC1. The van der Waals surface area contributed by atoms with Crippen LogP contribution in [0.4, 0.5) is 0 Å². The van der Waals surface area contributed by atoms with E-state index >= 15 is 0 Å². The van der Waals surface area contributed by atoms with Crippen LogP contribution in [0, 0.1) is 11.8 Å². The van der Waals surface area contributed by atoms with Crippen LogP contribution < -0.4 is 5.32 Å². The van der Waals surface area contributed by atoms with Gasteiger partial charge in [0, 0.05) is 18.2 Å². The van der Waals surface area contributed by atoms with Crippen LogP contribution in [0.5, 0.6) is 0 Å². The second-order valence-electron chi connectivity index (χ2n) is 8.86. The number of amides is 1. The quantitative estimate of drug-likeness (QED) is 0.860. The third kappa shape index (κ3) is 3.58. The first-order valence-electron chi connectivity index (χ1n) is 10.8. The zero-order chi connectivity index (χ0) is 19.0. The number of hydrogen-bond acceptors (Lipinski definition) is 3. The van der Waals surface area contributed by atoms with Crippen molar-refractivity contribution in [3.05, 3.63) is 54.4 Å². The number of hydrogen-bond donors (Lipinski definition) is 1. The van der Waals surface area contributed by atoms with Gasteiger partial charge < -0.3 is 10.2 Å². The number of carbonyl (C=O) groups excluding carboxylic acids is 1. The van der Waals surface area contributed by atoms with Crippen LogP contribution in [0.25, 0.3) is 11.1 Å². The van der Waals surface area contributed by atoms with Crippen molar-refractivity contribution < 1.29 is 4.79 Å². The van der Waals surface area contributed by atoms with Crippen molar-refractivity contribution in [2.75, 3.05) is 19.6 Å². The lowest BCUT2D eigenvalue weighted by Crippen LogP contribution is -2.37. The molecule has 4 fully saturated rings. The average Bonchev–Trinajstić information content (AvgIpc) is 3.56. The van der Waals surface area contributed by atoms with Gasteiger partial charge in [0.05, 0.1) is 11.2 Å². The molecule has 0 spiro atoms. The van der Waals surface area contributed by atoms with E-state index in [4.69, 9.17) is 4.98 Å². The van der Waals surface area contributed by atoms with Crippen molar-refractivity contribution in [1.29, 1.82) is 0 Å². The maximum absolute atomic E-state index is 12.9. The molecule has 1 aromatic carbocycles. The number of fused-ring (bicyclic) bond motifs is 4. The molecule has 1 aliphatic carbocycles. The molecule has 2 aromatic rings. The van der Waals surface area contributed by atoms with Gasteiger partial charge in [-0.05, 0) is 75.2 Å². The van der Waals surface area contributed by atoms with Gasteiger partial charge in [0.25, 0.3) is 0 Å². The van der Waals surface area contributed by atoms with Gasteiger partial charge >= 0.3 is 0 Å². The second kappa shape index (κ2) is 7.32. The minimum Gasteiger partial charge on any atom is -0.345 e. The molecule has 28 heavy (non-hydrogen) atoms. The summed E-state index contributed by atoms with van der Waals surface area (Å²) < 4.78 is 0. The van der Waals surface area contributed by atoms with Gasteiger partial charge in [-0.15, -0.1) is 0 Å². The number of benzene rings is 1. The fourth-order valence-electron chi connectivity index (χ4n) is 5.11. The van der Waals surface area contributed by atoms with Crippen LogP contribution >= 0.6 is 0 Å². The number of rotatable bonds is 5. The second-order valence-corrected chi connectivity index (χ2v) is 8.86. The van der Waals surface area contributed by atoms with E-state index in [1.807, 2.05) is 24.4 Å². The Morgan fingerprint density at radius 3 is 2.43 bits per heavy atom. The van der Waals surface area contributed by atoms with Crippen LogP contribution in [-0.4, -0.2) is 35.4 Å². The Labute approximate surface area is 167 Å². The number of pyridine rings is 1. The molecule has 3 saturated heterocycles. The number of aromatic nitrogens is 1. The first kappa shape index (κ1) is 17.9. The zero-order valence-electron chi connectivity index (χ0n) is 16.4. The first-order chi connectivity index (χ1) is 13.7. The molecule has 1 unspecified atom stereocenters. The number of carbonyl (C=O) groups is 1. The van der Waals surface area contributed by atoms with Gasteiger partial charge in [-0.3, -0.25) is 9.78 Å². The molecule has 0 radical (unpaired) electrons. The Balaban J connectivity index is 1.24. The molecule has 1 amide bonds. The first-order valence-corrected chi connectivity index (χ1v) is 10.8. The van der Waals surface area contributed by atoms with Gasteiger partial charge in [0.2, 0.25) is 5.91 Å². The summed E-state index contributed by atoms with van der Waals surface area (Å²) in [4.78, 5) is 20.1. The summed E-state index contributed by atoms with van der Waals surface area (Å²) in [5, 5.41) is 3.35. The van der Waals surface area contributed by atoms with Crippen LogP contribution in [-0.2, 0) is 10.3 Å². The van der Waals surface area contributed by atoms with Crippen LogP contribution in [0.15, 0.2) is 48.7 Å². The smallest absolute Gasteiger partial charge is 0.221 e. The van der Waals surface area contributed by atoms with Crippen LogP contribution in [0.1, 0.15) is 44.2 Å². The summed E-state index contributed by atoms with van der Waals surface area (Å²) in [7, 11) is 0. The van der Waals surface area contributed by atoms with E-state index in [1.165, 1.54) is 44.5 Å². The topological polar surface area (TPSA) is 45.2 Å². The maximum Gasteiger partial charge on any atom is 0.221 e. The standard InChI is InChI=1S/C24H29N3O/c28-23(16-20-10-15-27-13-8-19(20)9-14-27)26-24(11-12-24)22-7-6-21(17-25-22)18-4-2-1-3-5-18/h1-7,17,19-20H,8-16H2,(H,26,28). The number of nitrogens with zero attached hydrogens (tertiary/aromatic N) is 2. The van der Waals surface area contributed by atoms with Crippen molar-refractivity contribution >= 4 is 5.91 Å².